The number of rotatable bonds is 9. The van der Waals surface area contributed by atoms with Crippen molar-refractivity contribution >= 4 is 9.84 Å². The Kier molecular flexibility index (Phi) is 7.45. The van der Waals surface area contributed by atoms with Crippen LogP contribution < -0.4 is 5.32 Å². The summed E-state index contributed by atoms with van der Waals surface area (Å²) in [5.74, 6) is 1.66. The van der Waals surface area contributed by atoms with Gasteiger partial charge in [-0.1, -0.05) is 41.5 Å². The lowest BCUT2D eigenvalue weighted by Crippen LogP contribution is -2.39. The summed E-state index contributed by atoms with van der Waals surface area (Å²) in [5.41, 5.74) is 0.0527. The molecular formula is C14H31NO2S. The molecule has 0 saturated carbocycles. The van der Waals surface area contributed by atoms with Crippen molar-refractivity contribution in [2.75, 3.05) is 24.6 Å². The Labute approximate surface area is 114 Å². The van der Waals surface area contributed by atoms with E-state index in [0.29, 0.717) is 17.6 Å². The third-order valence-corrected chi connectivity index (χ3v) is 5.61. The van der Waals surface area contributed by atoms with Crippen molar-refractivity contribution in [1.82, 2.24) is 5.32 Å². The van der Waals surface area contributed by atoms with Crippen LogP contribution in [0.25, 0.3) is 0 Å². The fraction of sp³-hybridized carbons (Fsp3) is 1.00. The van der Waals surface area contributed by atoms with Crippen LogP contribution in [0.4, 0.5) is 0 Å². The zero-order valence-corrected chi connectivity index (χ0v) is 13.7. The Balaban J connectivity index is 4.44. The van der Waals surface area contributed by atoms with Crippen LogP contribution in [-0.4, -0.2) is 33.0 Å². The van der Waals surface area contributed by atoms with Gasteiger partial charge in [-0.15, -0.1) is 0 Å². The van der Waals surface area contributed by atoms with Gasteiger partial charge < -0.3 is 5.32 Å². The summed E-state index contributed by atoms with van der Waals surface area (Å²) < 4.78 is 23.3. The lowest BCUT2D eigenvalue weighted by Gasteiger charge is -2.34. The molecular weight excluding hydrogens is 246 g/mol. The van der Waals surface area contributed by atoms with Crippen LogP contribution in [-0.2, 0) is 9.84 Å². The maximum Gasteiger partial charge on any atom is 0.150 e. The summed E-state index contributed by atoms with van der Waals surface area (Å²) in [7, 11) is -2.86. The molecule has 0 fully saturated rings. The smallest absolute Gasteiger partial charge is 0.150 e. The zero-order valence-electron chi connectivity index (χ0n) is 12.9. The van der Waals surface area contributed by atoms with Crippen molar-refractivity contribution in [1.29, 1.82) is 0 Å². The Morgan fingerprint density at radius 1 is 1.17 bits per heavy atom. The van der Waals surface area contributed by atoms with Gasteiger partial charge in [-0.25, -0.2) is 8.42 Å². The van der Waals surface area contributed by atoms with Crippen LogP contribution in [0.2, 0.25) is 0 Å². The van der Waals surface area contributed by atoms with E-state index < -0.39 is 9.84 Å². The molecule has 1 N–H and O–H groups in total. The van der Waals surface area contributed by atoms with Crippen LogP contribution in [0, 0.1) is 17.3 Å². The zero-order chi connectivity index (χ0) is 14.4. The predicted octanol–water partition coefficient (Wildman–Crippen LogP) is 2.72. The van der Waals surface area contributed by atoms with E-state index in [9.17, 15) is 8.42 Å². The molecule has 0 radical (unpaired) electrons. The molecule has 0 aromatic carbocycles. The first-order valence-corrected chi connectivity index (χ1v) is 8.86. The molecule has 0 rings (SSSR count). The largest absolute Gasteiger partial charge is 0.316 e. The second-order valence-electron chi connectivity index (χ2n) is 6.32. The summed E-state index contributed by atoms with van der Waals surface area (Å²) in [6.45, 7) is 14.5. The molecule has 3 nitrogen and oxygen atoms in total. The minimum absolute atomic E-state index is 0.0527. The van der Waals surface area contributed by atoms with E-state index in [-0.39, 0.29) is 11.2 Å². The van der Waals surface area contributed by atoms with Gasteiger partial charge in [0.2, 0.25) is 0 Å². The molecule has 0 saturated heterocycles. The summed E-state index contributed by atoms with van der Waals surface area (Å²) in [5, 5.41) is 3.47. The van der Waals surface area contributed by atoms with Gasteiger partial charge in [0.05, 0.1) is 5.75 Å². The lowest BCUT2D eigenvalue weighted by atomic mass is 9.76. The summed E-state index contributed by atoms with van der Waals surface area (Å²) >= 11 is 0. The molecule has 0 bridgehead atoms. The second-order valence-corrected chi connectivity index (χ2v) is 8.79. The lowest BCUT2D eigenvalue weighted by molar-refractivity contribution is 0.199. The standard InChI is InChI=1S/C14H31NO2S/c1-7-18(16,17)9-8-14(6,13(4)5)11-15-10-12(2)3/h12-13,15H,7-11H2,1-6H3. The topological polar surface area (TPSA) is 46.2 Å². The van der Waals surface area contributed by atoms with Crippen LogP contribution in [0.5, 0.6) is 0 Å². The highest BCUT2D eigenvalue weighted by Gasteiger charge is 2.29. The molecule has 4 heteroatoms. The highest BCUT2D eigenvalue weighted by molar-refractivity contribution is 7.91. The molecule has 110 valence electrons. The summed E-state index contributed by atoms with van der Waals surface area (Å²) in [6, 6.07) is 0. The third-order valence-electron chi connectivity index (χ3n) is 3.90. The number of hydrogen-bond acceptors (Lipinski definition) is 3. The van der Waals surface area contributed by atoms with Crippen molar-refractivity contribution < 1.29 is 8.42 Å². The Morgan fingerprint density at radius 2 is 1.72 bits per heavy atom. The van der Waals surface area contributed by atoms with Gasteiger partial charge >= 0.3 is 0 Å². The van der Waals surface area contributed by atoms with Crippen molar-refractivity contribution in [2.45, 2.75) is 48.0 Å². The van der Waals surface area contributed by atoms with Crippen molar-refractivity contribution in [2.24, 2.45) is 17.3 Å². The Morgan fingerprint density at radius 3 is 2.11 bits per heavy atom. The average molecular weight is 277 g/mol. The third kappa shape index (κ3) is 6.74. The van der Waals surface area contributed by atoms with E-state index in [1.807, 2.05) is 0 Å². The fourth-order valence-corrected chi connectivity index (χ4v) is 2.83. The second kappa shape index (κ2) is 7.49. The van der Waals surface area contributed by atoms with Crippen LogP contribution >= 0.6 is 0 Å². The van der Waals surface area contributed by atoms with E-state index in [4.69, 9.17) is 0 Å². The maximum absolute atomic E-state index is 11.6. The first kappa shape index (κ1) is 17.9. The van der Waals surface area contributed by atoms with E-state index in [1.54, 1.807) is 6.92 Å². The molecule has 0 aromatic heterocycles. The minimum Gasteiger partial charge on any atom is -0.316 e. The van der Waals surface area contributed by atoms with Gasteiger partial charge in [-0.05, 0) is 30.2 Å². The molecule has 1 atom stereocenters. The molecule has 0 aliphatic carbocycles. The van der Waals surface area contributed by atoms with Crippen LogP contribution in [0.1, 0.15) is 48.0 Å². The number of hydrogen-bond donors (Lipinski definition) is 1. The van der Waals surface area contributed by atoms with Gasteiger partial charge in [0.25, 0.3) is 0 Å². The van der Waals surface area contributed by atoms with E-state index in [0.717, 1.165) is 19.5 Å². The predicted molar refractivity (Wildman–Crippen MR) is 79.6 cm³/mol. The molecule has 0 aromatic rings. The molecule has 0 aliphatic heterocycles. The number of sulfone groups is 1. The molecule has 1 unspecified atom stereocenters. The van der Waals surface area contributed by atoms with Crippen molar-refractivity contribution in [3.63, 3.8) is 0 Å². The Bertz CT molecular complexity index is 323. The first-order valence-electron chi connectivity index (χ1n) is 7.04. The molecule has 0 heterocycles. The minimum atomic E-state index is -2.86. The SMILES string of the molecule is CCS(=O)(=O)CCC(C)(CNCC(C)C)C(C)C. The molecule has 18 heavy (non-hydrogen) atoms. The van der Waals surface area contributed by atoms with Crippen molar-refractivity contribution in [3.05, 3.63) is 0 Å². The van der Waals surface area contributed by atoms with E-state index in [1.165, 1.54) is 0 Å². The average Bonchev–Trinajstić information content (AvgIpc) is 2.26. The molecule has 0 amide bonds. The highest BCUT2D eigenvalue weighted by Crippen LogP contribution is 2.30. The summed E-state index contributed by atoms with van der Waals surface area (Å²) in [6.07, 6.45) is 0.742. The van der Waals surface area contributed by atoms with E-state index >= 15 is 0 Å². The van der Waals surface area contributed by atoms with Gasteiger partial charge in [-0.3, -0.25) is 0 Å². The fourth-order valence-electron chi connectivity index (χ4n) is 1.76. The van der Waals surface area contributed by atoms with Crippen LogP contribution in [0.15, 0.2) is 0 Å². The quantitative estimate of drug-likeness (QED) is 0.705. The maximum atomic E-state index is 11.6. The normalized spacial score (nSPS) is 16.2. The molecule has 0 spiro atoms. The van der Waals surface area contributed by atoms with Gasteiger partial charge in [0, 0.05) is 12.3 Å². The van der Waals surface area contributed by atoms with Crippen LogP contribution in [0.3, 0.4) is 0 Å². The highest BCUT2D eigenvalue weighted by atomic mass is 32.2. The summed E-state index contributed by atoms with van der Waals surface area (Å²) in [4.78, 5) is 0. The monoisotopic (exact) mass is 277 g/mol. The first-order chi connectivity index (χ1) is 8.13. The van der Waals surface area contributed by atoms with Gasteiger partial charge in [-0.2, -0.15) is 0 Å². The van der Waals surface area contributed by atoms with Gasteiger partial charge in [0.15, 0.2) is 0 Å². The Hall–Kier alpha value is -0.0900. The van der Waals surface area contributed by atoms with E-state index in [2.05, 4.69) is 39.9 Å². The molecule has 0 aliphatic rings. The van der Waals surface area contributed by atoms with Gasteiger partial charge in [0.1, 0.15) is 9.84 Å². The van der Waals surface area contributed by atoms with Crippen molar-refractivity contribution in [3.8, 4) is 0 Å². The number of nitrogens with one attached hydrogen (secondary N) is 1.